The molecular formula is C25H31ClN2O2. The van der Waals surface area contributed by atoms with E-state index in [0.717, 1.165) is 42.4 Å². The van der Waals surface area contributed by atoms with Gasteiger partial charge in [-0.15, -0.1) is 0 Å². The zero-order valence-corrected chi connectivity index (χ0v) is 18.6. The molecule has 1 fully saturated rings. The lowest BCUT2D eigenvalue weighted by Gasteiger charge is -2.32. The molecule has 0 spiro atoms. The molecule has 1 N–H and O–H groups in total. The first-order valence-electron chi connectivity index (χ1n) is 10.9. The summed E-state index contributed by atoms with van der Waals surface area (Å²) in [5, 5.41) is 3.75. The van der Waals surface area contributed by atoms with Crippen molar-refractivity contribution in [2.24, 2.45) is 0 Å². The number of nitrogens with one attached hydrogen (secondary N) is 1. The largest absolute Gasteiger partial charge is 0.352 e. The predicted molar refractivity (Wildman–Crippen MR) is 121 cm³/mol. The molecule has 0 bridgehead atoms. The van der Waals surface area contributed by atoms with Gasteiger partial charge in [-0.2, -0.15) is 0 Å². The van der Waals surface area contributed by atoms with E-state index in [2.05, 4.69) is 11.4 Å². The van der Waals surface area contributed by atoms with Crippen molar-refractivity contribution < 1.29 is 9.59 Å². The molecule has 1 saturated carbocycles. The van der Waals surface area contributed by atoms with Crippen LogP contribution in [-0.2, 0) is 22.6 Å². The molecule has 1 aliphatic rings. The Labute approximate surface area is 184 Å². The number of amides is 2. The highest BCUT2D eigenvalue weighted by Gasteiger charge is 2.30. The number of hydrogen-bond donors (Lipinski definition) is 1. The first-order chi connectivity index (χ1) is 14.5. The molecule has 30 heavy (non-hydrogen) atoms. The van der Waals surface area contributed by atoms with E-state index in [1.54, 1.807) is 11.0 Å². The molecule has 0 aromatic heterocycles. The van der Waals surface area contributed by atoms with Gasteiger partial charge in [0, 0.05) is 17.6 Å². The van der Waals surface area contributed by atoms with Crippen LogP contribution in [0, 0.1) is 6.92 Å². The maximum Gasteiger partial charge on any atom is 0.243 e. The number of hydrogen-bond acceptors (Lipinski definition) is 2. The van der Waals surface area contributed by atoms with Crippen molar-refractivity contribution in [3.8, 4) is 0 Å². The lowest BCUT2D eigenvalue weighted by Crippen LogP contribution is -2.51. The SMILES string of the molecule is CCC(C(=O)NC1CCCC1)N(Cc1cccc(C)c1)C(=O)Cc1ccccc1Cl. The minimum Gasteiger partial charge on any atom is -0.352 e. The number of nitrogens with zero attached hydrogens (tertiary/aromatic N) is 1. The van der Waals surface area contributed by atoms with E-state index in [1.807, 2.05) is 50.2 Å². The number of carbonyl (C=O) groups is 2. The summed E-state index contributed by atoms with van der Waals surface area (Å²) in [6.45, 7) is 4.40. The summed E-state index contributed by atoms with van der Waals surface area (Å²) in [6, 6.07) is 15.2. The van der Waals surface area contributed by atoms with Crippen molar-refractivity contribution >= 4 is 23.4 Å². The number of carbonyl (C=O) groups excluding carboxylic acids is 2. The van der Waals surface area contributed by atoms with Crippen molar-refractivity contribution in [3.05, 3.63) is 70.2 Å². The third-order valence-electron chi connectivity index (χ3n) is 5.82. The van der Waals surface area contributed by atoms with Crippen LogP contribution >= 0.6 is 11.6 Å². The number of rotatable bonds is 8. The van der Waals surface area contributed by atoms with Gasteiger partial charge in [-0.25, -0.2) is 0 Å². The van der Waals surface area contributed by atoms with E-state index in [1.165, 1.54) is 0 Å². The molecule has 4 nitrogen and oxygen atoms in total. The fourth-order valence-electron chi connectivity index (χ4n) is 4.20. The minimum atomic E-state index is -0.499. The summed E-state index contributed by atoms with van der Waals surface area (Å²) in [6.07, 6.45) is 5.10. The molecular weight excluding hydrogens is 396 g/mol. The predicted octanol–water partition coefficient (Wildman–Crippen LogP) is 5.06. The molecule has 160 valence electrons. The second-order valence-corrected chi connectivity index (χ2v) is 8.60. The first-order valence-corrected chi connectivity index (χ1v) is 11.2. The van der Waals surface area contributed by atoms with Crippen molar-refractivity contribution in [2.45, 2.75) is 71.0 Å². The van der Waals surface area contributed by atoms with Gasteiger partial charge in [-0.1, -0.05) is 79.4 Å². The zero-order chi connectivity index (χ0) is 21.5. The molecule has 1 atom stereocenters. The summed E-state index contributed by atoms with van der Waals surface area (Å²) in [7, 11) is 0. The summed E-state index contributed by atoms with van der Waals surface area (Å²) in [5.41, 5.74) is 2.94. The van der Waals surface area contributed by atoms with Gasteiger partial charge in [0.15, 0.2) is 0 Å². The zero-order valence-electron chi connectivity index (χ0n) is 17.9. The molecule has 2 aromatic carbocycles. The van der Waals surface area contributed by atoms with Gasteiger partial charge in [0.25, 0.3) is 0 Å². The van der Waals surface area contributed by atoms with Gasteiger partial charge in [0.05, 0.1) is 6.42 Å². The molecule has 2 amide bonds. The highest BCUT2D eigenvalue weighted by atomic mass is 35.5. The van der Waals surface area contributed by atoms with E-state index in [9.17, 15) is 9.59 Å². The average Bonchev–Trinajstić information content (AvgIpc) is 3.22. The Bertz CT molecular complexity index is 877. The summed E-state index contributed by atoms with van der Waals surface area (Å²) >= 11 is 6.29. The molecule has 0 radical (unpaired) electrons. The fourth-order valence-corrected chi connectivity index (χ4v) is 4.40. The normalized spacial score (nSPS) is 15.0. The maximum atomic E-state index is 13.4. The van der Waals surface area contributed by atoms with Crippen LogP contribution < -0.4 is 5.32 Å². The highest BCUT2D eigenvalue weighted by Crippen LogP contribution is 2.21. The average molecular weight is 427 g/mol. The minimum absolute atomic E-state index is 0.0513. The number of aryl methyl sites for hydroxylation is 1. The van der Waals surface area contributed by atoms with Gasteiger partial charge in [-0.3, -0.25) is 9.59 Å². The van der Waals surface area contributed by atoms with E-state index in [0.29, 0.717) is 18.0 Å². The van der Waals surface area contributed by atoms with E-state index >= 15 is 0 Å². The van der Waals surface area contributed by atoms with Crippen LogP contribution in [0.15, 0.2) is 48.5 Å². The maximum absolute atomic E-state index is 13.4. The van der Waals surface area contributed by atoms with Crippen molar-refractivity contribution in [1.82, 2.24) is 10.2 Å². The van der Waals surface area contributed by atoms with Crippen LogP contribution in [0.4, 0.5) is 0 Å². The summed E-state index contributed by atoms with van der Waals surface area (Å²) < 4.78 is 0. The van der Waals surface area contributed by atoms with Crippen molar-refractivity contribution in [2.75, 3.05) is 0 Å². The Kier molecular flexibility index (Phi) is 7.92. The number of benzene rings is 2. The molecule has 2 aromatic rings. The van der Waals surface area contributed by atoms with Crippen LogP contribution in [0.25, 0.3) is 0 Å². The van der Waals surface area contributed by atoms with Crippen LogP contribution in [0.5, 0.6) is 0 Å². The quantitative estimate of drug-likeness (QED) is 0.641. The molecule has 3 rings (SSSR count). The molecule has 0 heterocycles. The molecule has 0 aliphatic heterocycles. The monoisotopic (exact) mass is 426 g/mol. The van der Waals surface area contributed by atoms with Crippen LogP contribution in [-0.4, -0.2) is 28.8 Å². The molecule has 1 unspecified atom stereocenters. The molecule has 1 aliphatic carbocycles. The van der Waals surface area contributed by atoms with Gasteiger partial charge >= 0.3 is 0 Å². The molecule has 0 saturated heterocycles. The van der Waals surface area contributed by atoms with E-state index in [-0.39, 0.29) is 24.3 Å². The smallest absolute Gasteiger partial charge is 0.243 e. The Balaban J connectivity index is 1.83. The highest BCUT2D eigenvalue weighted by molar-refractivity contribution is 6.31. The summed E-state index contributed by atoms with van der Waals surface area (Å²) in [4.78, 5) is 28.2. The van der Waals surface area contributed by atoms with Gasteiger partial charge in [-0.05, 0) is 43.4 Å². The van der Waals surface area contributed by atoms with E-state index < -0.39 is 6.04 Å². The van der Waals surface area contributed by atoms with Crippen molar-refractivity contribution in [1.29, 1.82) is 0 Å². The standard InChI is InChI=1S/C25H31ClN2O2/c1-3-23(25(30)27-21-12-5-6-13-21)28(17-19-10-8-9-18(2)15-19)24(29)16-20-11-4-7-14-22(20)26/h4,7-11,14-15,21,23H,3,5-6,12-13,16-17H2,1-2H3,(H,27,30). The topological polar surface area (TPSA) is 49.4 Å². The Hall–Kier alpha value is -2.33. The summed E-state index contributed by atoms with van der Waals surface area (Å²) in [5.74, 6) is -0.136. The van der Waals surface area contributed by atoms with Crippen molar-refractivity contribution in [3.63, 3.8) is 0 Å². The fraction of sp³-hybridized carbons (Fsp3) is 0.440. The second kappa shape index (κ2) is 10.6. The van der Waals surface area contributed by atoms with Crippen LogP contribution in [0.1, 0.15) is 55.7 Å². The van der Waals surface area contributed by atoms with Crippen LogP contribution in [0.3, 0.4) is 0 Å². The number of halogens is 1. The van der Waals surface area contributed by atoms with Crippen LogP contribution in [0.2, 0.25) is 5.02 Å². The second-order valence-electron chi connectivity index (χ2n) is 8.19. The lowest BCUT2D eigenvalue weighted by molar-refractivity contribution is -0.141. The third kappa shape index (κ3) is 5.85. The third-order valence-corrected chi connectivity index (χ3v) is 6.19. The first kappa shape index (κ1) is 22.4. The molecule has 5 heteroatoms. The van der Waals surface area contributed by atoms with Gasteiger partial charge in [0.1, 0.15) is 6.04 Å². The Morgan fingerprint density at radius 2 is 1.87 bits per heavy atom. The van der Waals surface area contributed by atoms with Gasteiger partial charge in [0.2, 0.25) is 11.8 Å². The van der Waals surface area contributed by atoms with Gasteiger partial charge < -0.3 is 10.2 Å². The lowest BCUT2D eigenvalue weighted by atomic mass is 10.1. The van der Waals surface area contributed by atoms with E-state index in [4.69, 9.17) is 11.6 Å². The Morgan fingerprint density at radius 1 is 1.13 bits per heavy atom. The Morgan fingerprint density at radius 3 is 2.53 bits per heavy atom.